The Kier molecular flexibility index (Phi) is 6.19. The van der Waals surface area contributed by atoms with Crippen molar-refractivity contribution >= 4 is 11.8 Å². The Balaban J connectivity index is 4.45. The van der Waals surface area contributed by atoms with Crippen molar-refractivity contribution in [2.75, 3.05) is 0 Å². The summed E-state index contributed by atoms with van der Waals surface area (Å²) >= 11 is 0. The van der Waals surface area contributed by atoms with Crippen LogP contribution in [0.2, 0.25) is 0 Å². The van der Waals surface area contributed by atoms with Gasteiger partial charge in [0.1, 0.15) is 5.66 Å². The number of azide groups is 1. The summed E-state index contributed by atoms with van der Waals surface area (Å²) in [5.74, 6) is -1.57. The number of carboxylic acid groups (broad SMARTS) is 1. The molecule has 0 fully saturated rings. The summed E-state index contributed by atoms with van der Waals surface area (Å²) in [4.78, 5) is 24.7. The van der Waals surface area contributed by atoms with Crippen LogP contribution in [0.3, 0.4) is 0 Å². The van der Waals surface area contributed by atoms with Gasteiger partial charge in [-0.1, -0.05) is 12.0 Å². The first kappa shape index (κ1) is 15.4. The number of nitrogens with two attached hydrogens (primary N) is 2. The lowest BCUT2D eigenvalue weighted by molar-refractivity contribution is -0.137. The molecule has 0 aromatic carbocycles. The van der Waals surface area contributed by atoms with Gasteiger partial charge in [0.2, 0.25) is 0 Å². The molecule has 0 saturated carbocycles. The molecule has 0 bridgehead atoms. The Hall–Kier alpha value is -1.63. The van der Waals surface area contributed by atoms with Crippen molar-refractivity contribution in [2.24, 2.45) is 16.6 Å². The standard InChI is InChI=1S/C9H17N5O3/c1-2-6(13-14-12)5-7(15)9(10,11)4-3-8(16)17/h6H,2-5,10-11H2,1H3,(H,16,17). The van der Waals surface area contributed by atoms with Crippen LogP contribution < -0.4 is 11.5 Å². The lowest BCUT2D eigenvalue weighted by Crippen LogP contribution is -2.57. The van der Waals surface area contributed by atoms with Crippen LogP contribution in [0.4, 0.5) is 0 Å². The Morgan fingerprint density at radius 2 is 2.12 bits per heavy atom. The highest BCUT2D eigenvalue weighted by atomic mass is 16.4. The van der Waals surface area contributed by atoms with Crippen LogP contribution in [0.15, 0.2) is 5.11 Å². The van der Waals surface area contributed by atoms with Gasteiger partial charge in [0.05, 0.1) is 0 Å². The maximum atomic E-state index is 11.7. The molecular weight excluding hydrogens is 226 g/mol. The zero-order valence-electron chi connectivity index (χ0n) is 9.67. The summed E-state index contributed by atoms with van der Waals surface area (Å²) in [5, 5.41) is 11.9. The summed E-state index contributed by atoms with van der Waals surface area (Å²) in [5.41, 5.74) is 17.7. The zero-order chi connectivity index (χ0) is 13.5. The molecule has 0 amide bonds. The minimum Gasteiger partial charge on any atom is -0.481 e. The Bertz CT molecular complexity index is 336. The van der Waals surface area contributed by atoms with E-state index in [1.165, 1.54) is 0 Å². The lowest BCUT2D eigenvalue weighted by atomic mass is 9.95. The number of Topliss-reactive ketones (excluding diaryl/α,β-unsaturated/α-hetero) is 1. The van der Waals surface area contributed by atoms with Crippen molar-refractivity contribution < 1.29 is 14.7 Å². The average Bonchev–Trinajstić information content (AvgIpc) is 2.25. The van der Waals surface area contributed by atoms with Crippen LogP contribution in [0.1, 0.15) is 32.6 Å². The molecule has 8 heteroatoms. The summed E-state index contributed by atoms with van der Waals surface area (Å²) in [7, 11) is 0. The van der Waals surface area contributed by atoms with Crippen LogP contribution in [0.5, 0.6) is 0 Å². The first-order valence-electron chi connectivity index (χ1n) is 5.20. The number of carboxylic acids is 1. The molecule has 0 heterocycles. The molecule has 0 aromatic heterocycles. The fourth-order valence-electron chi connectivity index (χ4n) is 1.20. The van der Waals surface area contributed by atoms with Crippen molar-refractivity contribution in [3.63, 3.8) is 0 Å². The highest BCUT2D eigenvalue weighted by molar-refractivity contribution is 5.88. The van der Waals surface area contributed by atoms with Gasteiger partial charge in [-0.05, 0) is 18.4 Å². The van der Waals surface area contributed by atoms with Crippen LogP contribution >= 0.6 is 0 Å². The zero-order valence-corrected chi connectivity index (χ0v) is 9.67. The molecule has 0 rings (SSSR count). The number of hydrogen-bond donors (Lipinski definition) is 3. The van der Waals surface area contributed by atoms with Gasteiger partial charge in [0.25, 0.3) is 0 Å². The molecule has 96 valence electrons. The first-order chi connectivity index (χ1) is 7.83. The van der Waals surface area contributed by atoms with Crippen molar-refractivity contribution in [3.8, 4) is 0 Å². The van der Waals surface area contributed by atoms with E-state index in [2.05, 4.69) is 10.0 Å². The van der Waals surface area contributed by atoms with Gasteiger partial charge in [0.15, 0.2) is 5.78 Å². The molecule has 0 saturated heterocycles. The minimum atomic E-state index is -1.68. The molecule has 17 heavy (non-hydrogen) atoms. The van der Waals surface area contributed by atoms with E-state index in [1.54, 1.807) is 6.92 Å². The largest absolute Gasteiger partial charge is 0.481 e. The van der Waals surface area contributed by atoms with E-state index in [0.29, 0.717) is 6.42 Å². The highest BCUT2D eigenvalue weighted by Crippen LogP contribution is 2.12. The quantitative estimate of drug-likeness (QED) is 0.245. The predicted molar refractivity (Wildman–Crippen MR) is 60.8 cm³/mol. The molecule has 8 nitrogen and oxygen atoms in total. The van der Waals surface area contributed by atoms with E-state index in [1.807, 2.05) is 0 Å². The van der Waals surface area contributed by atoms with Gasteiger partial charge >= 0.3 is 5.97 Å². The van der Waals surface area contributed by atoms with E-state index in [-0.39, 0.29) is 19.3 Å². The maximum absolute atomic E-state index is 11.7. The third-order valence-corrected chi connectivity index (χ3v) is 2.38. The molecule has 0 radical (unpaired) electrons. The number of ketones is 1. The van der Waals surface area contributed by atoms with Crippen LogP contribution in [0, 0.1) is 0 Å². The molecule has 0 aliphatic heterocycles. The summed E-state index contributed by atoms with van der Waals surface area (Å²) in [6, 6.07) is -0.496. The number of carbonyl (C=O) groups is 2. The van der Waals surface area contributed by atoms with E-state index in [4.69, 9.17) is 22.1 Å². The molecule has 0 aromatic rings. The number of nitrogens with zero attached hydrogens (tertiary/aromatic N) is 3. The summed E-state index contributed by atoms with van der Waals surface area (Å²) < 4.78 is 0. The van der Waals surface area contributed by atoms with E-state index >= 15 is 0 Å². The number of rotatable bonds is 8. The number of hydrogen-bond acceptors (Lipinski definition) is 5. The third kappa shape index (κ3) is 5.86. The van der Waals surface area contributed by atoms with Crippen LogP contribution in [0.25, 0.3) is 10.4 Å². The topological polar surface area (TPSA) is 155 Å². The number of aliphatic carboxylic acids is 1. The molecule has 0 spiro atoms. The number of carbonyl (C=O) groups excluding carboxylic acids is 1. The second kappa shape index (κ2) is 6.85. The van der Waals surface area contributed by atoms with Crippen LogP contribution in [-0.2, 0) is 9.59 Å². The summed E-state index contributed by atoms with van der Waals surface area (Å²) in [6.07, 6.45) is -0.0110. The van der Waals surface area contributed by atoms with Crippen LogP contribution in [-0.4, -0.2) is 28.6 Å². The molecule has 1 atom stereocenters. The highest BCUT2D eigenvalue weighted by Gasteiger charge is 2.30. The lowest BCUT2D eigenvalue weighted by Gasteiger charge is -2.23. The second-order valence-corrected chi connectivity index (χ2v) is 3.83. The fourth-order valence-corrected chi connectivity index (χ4v) is 1.20. The van der Waals surface area contributed by atoms with Crippen molar-refractivity contribution in [1.82, 2.24) is 0 Å². The minimum absolute atomic E-state index is 0.0762. The Morgan fingerprint density at radius 3 is 2.53 bits per heavy atom. The first-order valence-corrected chi connectivity index (χ1v) is 5.20. The molecule has 1 unspecified atom stereocenters. The average molecular weight is 243 g/mol. The van der Waals surface area contributed by atoms with Crippen molar-refractivity contribution in [3.05, 3.63) is 10.4 Å². The summed E-state index contributed by atoms with van der Waals surface area (Å²) in [6.45, 7) is 1.76. The van der Waals surface area contributed by atoms with E-state index in [9.17, 15) is 9.59 Å². The van der Waals surface area contributed by atoms with E-state index < -0.39 is 23.5 Å². The van der Waals surface area contributed by atoms with Crippen molar-refractivity contribution in [1.29, 1.82) is 0 Å². The van der Waals surface area contributed by atoms with Crippen molar-refractivity contribution in [2.45, 2.75) is 44.3 Å². The molecule has 5 N–H and O–H groups in total. The predicted octanol–water partition coefficient (Wildman–Crippen LogP) is 0.513. The Labute approximate surface area is 98.6 Å². The Morgan fingerprint density at radius 1 is 1.53 bits per heavy atom. The SMILES string of the molecule is CCC(CC(=O)C(N)(N)CCC(=O)O)N=[N+]=[N-]. The van der Waals surface area contributed by atoms with Gasteiger partial charge in [-0.2, -0.15) is 0 Å². The van der Waals surface area contributed by atoms with Gasteiger partial charge in [0, 0.05) is 23.8 Å². The van der Waals surface area contributed by atoms with Gasteiger partial charge in [-0.3, -0.25) is 9.59 Å². The third-order valence-electron chi connectivity index (χ3n) is 2.38. The van der Waals surface area contributed by atoms with Gasteiger partial charge in [-0.25, -0.2) is 0 Å². The van der Waals surface area contributed by atoms with Gasteiger partial charge in [-0.15, -0.1) is 0 Å². The maximum Gasteiger partial charge on any atom is 0.303 e. The smallest absolute Gasteiger partial charge is 0.303 e. The molecular formula is C9H17N5O3. The monoisotopic (exact) mass is 243 g/mol. The van der Waals surface area contributed by atoms with Gasteiger partial charge < -0.3 is 16.6 Å². The van der Waals surface area contributed by atoms with E-state index in [0.717, 1.165) is 0 Å². The second-order valence-electron chi connectivity index (χ2n) is 3.83. The molecule has 0 aliphatic carbocycles. The normalized spacial score (nSPS) is 12.6. The molecule has 0 aliphatic rings. The fraction of sp³-hybridized carbons (Fsp3) is 0.778.